The van der Waals surface area contributed by atoms with Crippen LogP contribution in [0.1, 0.15) is 18.7 Å². The number of hydrogen-bond donors (Lipinski definition) is 0. The van der Waals surface area contributed by atoms with E-state index in [1.54, 1.807) is 12.5 Å². The molecule has 1 aliphatic rings. The zero-order valence-electron chi connectivity index (χ0n) is 13.6. The lowest BCUT2D eigenvalue weighted by atomic mass is 9.98. The molecule has 0 N–H and O–H groups in total. The molecule has 1 aliphatic heterocycles. The molecule has 1 aromatic carbocycles. The summed E-state index contributed by atoms with van der Waals surface area (Å²) < 4.78 is 3.86. The first-order chi connectivity index (χ1) is 11.9. The summed E-state index contributed by atoms with van der Waals surface area (Å²) in [6.45, 7) is 3.92. The van der Waals surface area contributed by atoms with Crippen molar-refractivity contribution in [2.24, 2.45) is 5.92 Å². The molecule has 0 aliphatic carbocycles. The van der Waals surface area contributed by atoms with Crippen molar-refractivity contribution < 1.29 is 0 Å². The van der Waals surface area contributed by atoms with Crippen molar-refractivity contribution in [2.75, 3.05) is 13.1 Å². The lowest BCUT2D eigenvalue weighted by molar-refractivity contribution is 0.149. The number of piperidine rings is 1. The van der Waals surface area contributed by atoms with Crippen LogP contribution in [-0.2, 0) is 13.1 Å². The molecule has 2 aromatic heterocycles. The molecule has 3 heterocycles. The Hall–Kier alpha value is -2.54. The highest BCUT2D eigenvalue weighted by atomic mass is 15.4. The second kappa shape index (κ2) is 6.92. The average molecular weight is 323 g/mol. The third-order valence-corrected chi connectivity index (χ3v) is 4.50. The van der Waals surface area contributed by atoms with Crippen molar-refractivity contribution in [1.82, 2.24) is 34.7 Å². The fourth-order valence-corrected chi connectivity index (χ4v) is 3.40. The van der Waals surface area contributed by atoms with Crippen LogP contribution >= 0.6 is 0 Å². The third kappa shape index (κ3) is 3.35. The first-order valence-electron chi connectivity index (χ1n) is 8.39. The molecular formula is C17H21N7. The van der Waals surface area contributed by atoms with E-state index in [4.69, 9.17) is 0 Å². The number of benzene rings is 1. The van der Waals surface area contributed by atoms with Gasteiger partial charge in [0.25, 0.3) is 0 Å². The van der Waals surface area contributed by atoms with Gasteiger partial charge in [0.05, 0.1) is 18.4 Å². The van der Waals surface area contributed by atoms with E-state index in [2.05, 4.69) is 37.4 Å². The number of likely N-dealkylation sites (tertiary alicyclic amines) is 1. The number of para-hydroxylation sites is 1. The molecule has 0 amide bonds. The minimum absolute atomic E-state index is 0.605. The first kappa shape index (κ1) is 15.0. The van der Waals surface area contributed by atoms with Crippen LogP contribution in [-0.4, -0.2) is 47.7 Å². The molecule has 4 rings (SSSR count). The second-order valence-electron chi connectivity index (χ2n) is 6.29. The van der Waals surface area contributed by atoms with Gasteiger partial charge in [-0.3, -0.25) is 9.58 Å². The van der Waals surface area contributed by atoms with E-state index in [-0.39, 0.29) is 0 Å². The van der Waals surface area contributed by atoms with Crippen LogP contribution in [0.25, 0.3) is 5.69 Å². The normalized spacial score (nSPS) is 18.8. The van der Waals surface area contributed by atoms with Gasteiger partial charge in [0, 0.05) is 19.3 Å². The molecule has 0 spiro atoms. The SMILES string of the molecule is c1ccc(-n2ncnc2CN2CCC[C@H](Cn3ccnn3)C2)cc1. The maximum absolute atomic E-state index is 4.47. The lowest BCUT2D eigenvalue weighted by Crippen LogP contribution is -2.37. The second-order valence-corrected chi connectivity index (χ2v) is 6.29. The van der Waals surface area contributed by atoms with Crippen LogP contribution in [0.3, 0.4) is 0 Å². The quantitative estimate of drug-likeness (QED) is 0.716. The van der Waals surface area contributed by atoms with Crippen LogP contribution in [0.4, 0.5) is 0 Å². The van der Waals surface area contributed by atoms with Gasteiger partial charge in [0.1, 0.15) is 12.2 Å². The summed E-state index contributed by atoms with van der Waals surface area (Å²) in [5.74, 6) is 1.59. The van der Waals surface area contributed by atoms with Gasteiger partial charge in [-0.25, -0.2) is 9.67 Å². The monoisotopic (exact) mass is 323 g/mol. The lowest BCUT2D eigenvalue weighted by Gasteiger charge is -2.32. The molecule has 7 heteroatoms. The van der Waals surface area contributed by atoms with Crippen molar-refractivity contribution in [3.8, 4) is 5.69 Å². The molecule has 7 nitrogen and oxygen atoms in total. The maximum atomic E-state index is 4.47. The standard InChI is InChI=1S/C17H21N7/c1-2-6-16(7-3-1)24-17(18-14-20-24)13-22-9-4-5-15(11-22)12-23-10-8-19-21-23/h1-3,6-8,10,14-15H,4-5,9,11-13H2/t15-/m0/s1. The molecule has 1 fully saturated rings. The Labute approximate surface area is 140 Å². The van der Waals surface area contributed by atoms with Crippen LogP contribution in [0.2, 0.25) is 0 Å². The Morgan fingerprint density at radius 1 is 1.17 bits per heavy atom. The largest absolute Gasteiger partial charge is 0.296 e. The fraction of sp³-hybridized carbons (Fsp3) is 0.412. The van der Waals surface area contributed by atoms with E-state index >= 15 is 0 Å². The van der Waals surface area contributed by atoms with Gasteiger partial charge < -0.3 is 0 Å². The highest BCUT2D eigenvalue weighted by Gasteiger charge is 2.22. The van der Waals surface area contributed by atoms with E-state index in [1.165, 1.54) is 12.8 Å². The summed E-state index contributed by atoms with van der Waals surface area (Å²) in [6, 6.07) is 10.2. The fourth-order valence-electron chi connectivity index (χ4n) is 3.40. The highest BCUT2D eigenvalue weighted by molar-refractivity contribution is 5.30. The van der Waals surface area contributed by atoms with Crippen molar-refractivity contribution in [1.29, 1.82) is 0 Å². The van der Waals surface area contributed by atoms with Crippen LogP contribution < -0.4 is 0 Å². The van der Waals surface area contributed by atoms with E-state index in [9.17, 15) is 0 Å². The van der Waals surface area contributed by atoms with Crippen molar-refractivity contribution in [3.63, 3.8) is 0 Å². The number of rotatable bonds is 5. The Morgan fingerprint density at radius 2 is 2.08 bits per heavy atom. The summed E-state index contributed by atoms with van der Waals surface area (Å²) in [5.41, 5.74) is 1.06. The third-order valence-electron chi connectivity index (χ3n) is 4.50. The Balaban J connectivity index is 1.43. The summed E-state index contributed by atoms with van der Waals surface area (Å²) in [5, 5.41) is 12.4. The van der Waals surface area contributed by atoms with Gasteiger partial charge in [-0.05, 0) is 37.4 Å². The van der Waals surface area contributed by atoms with Crippen molar-refractivity contribution in [2.45, 2.75) is 25.9 Å². The molecule has 124 valence electrons. The predicted molar refractivity (Wildman–Crippen MR) is 89.4 cm³/mol. The molecule has 0 radical (unpaired) electrons. The van der Waals surface area contributed by atoms with Crippen LogP contribution in [0.15, 0.2) is 49.1 Å². The van der Waals surface area contributed by atoms with Gasteiger partial charge in [0.2, 0.25) is 0 Å². The number of nitrogens with zero attached hydrogens (tertiary/aromatic N) is 7. The molecule has 0 bridgehead atoms. The Bertz CT molecular complexity index is 750. The smallest absolute Gasteiger partial charge is 0.146 e. The van der Waals surface area contributed by atoms with Crippen LogP contribution in [0.5, 0.6) is 0 Å². The minimum atomic E-state index is 0.605. The zero-order valence-corrected chi connectivity index (χ0v) is 13.6. The summed E-state index contributed by atoms with van der Waals surface area (Å²) in [7, 11) is 0. The van der Waals surface area contributed by atoms with Gasteiger partial charge in [0.15, 0.2) is 0 Å². The summed E-state index contributed by atoms with van der Waals surface area (Å²) in [6.07, 6.45) is 7.76. The predicted octanol–water partition coefficient (Wildman–Crippen LogP) is 1.77. The highest BCUT2D eigenvalue weighted by Crippen LogP contribution is 2.20. The van der Waals surface area contributed by atoms with E-state index in [0.717, 1.165) is 37.7 Å². The Kier molecular flexibility index (Phi) is 4.33. The first-order valence-corrected chi connectivity index (χ1v) is 8.39. The van der Waals surface area contributed by atoms with E-state index < -0.39 is 0 Å². The Morgan fingerprint density at radius 3 is 2.92 bits per heavy atom. The maximum Gasteiger partial charge on any atom is 0.146 e. The van der Waals surface area contributed by atoms with Gasteiger partial charge in [-0.15, -0.1) is 5.10 Å². The van der Waals surface area contributed by atoms with Crippen LogP contribution in [0, 0.1) is 5.92 Å². The van der Waals surface area contributed by atoms with Crippen molar-refractivity contribution in [3.05, 3.63) is 54.9 Å². The van der Waals surface area contributed by atoms with Gasteiger partial charge >= 0.3 is 0 Å². The average Bonchev–Trinajstić information content (AvgIpc) is 3.28. The summed E-state index contributed by atoms with van der Waals surface area (Å²) >= 11 is 0. The minimum Gasteiger partial charge on any atom is -0.296 e. The van der Waals surface area contributed by atoms with E-state index in [0.29, 0.717) is 5.92 Å². The number of hydrogen-bond acceptors (Lipinski definition) is 5. The number of aromatic nitrogens is 6. The molecular weight excluding hydrogens is 302 g/mol. The molecule has 1 saturated heterocycles. The van der Waals surface area contributed by atoms with Gasteiger partial charge in [-0.1, -0.05) is 23.4 Å². The molecule has 24 heavy (non-hydrogen) atoms. The van der Waals surface area contributed by atoms with E-state index in [1.807, 2.05) is 33.8 Å². The van der Waals surface area contributed by atoms with Gasteiger partial charge in [-0.2, -0.15) is 5.10 Å². The zero-order chi connectivity index (χ0) is 16.2. The molecule has 0 saturated carbocycles. The molecule has 0 unspecified atom stereocenters. The molecule has 1 atom stereocenters. The molecule has 3 aromatic rings. The topological polar surface area (TPSA) is 64.7 Å². The van der Waals surface area contributed by atoms with Crippen molar-refractivity contribution >= 4 is 0 Å². The summed E-state index contributed by atoms with van der Waals surface area (Å²) in [4.78, 5) is 6.94.